The van der Waals surface area contributed by atoms with E-state index in [1.807, 2.05) is 0 Å². The predicted octanol–water partition coefficient (Wildman–Crippen LogP) is 4.66. The summed E-state index contributed by atoms with van der Waals surface area (Å²) in [6.45, 7) is 1.49. The first-order valence-corrected chi connectivity index (χ1v) is 16.8. The summed E-state index contributed by atoms with van der Waals surface area (Å²) in [4.78, 5) is 13.1. The third-order valence-electron chi connectivity index (χ3n) is 6.82. The van der Waals surface area contributed by atoms with Crippen LogP contribution in [0.4, 0.5) is 10.1 Å². The number of benzene rings is 3. The molecule has 42 heavy (non-hydrogen) atoms. The van der Waals surface area contributed by atoms with Gasteiger partial charge in [0.25, 0.3) is 5.91 Å². The summed E-state index contributed by atoms with van der Waals surface area (Å²) >= 11 is 0. The summed E-state index contributed by atoms with van der Waals surface area (Å²) in [6.07, 6.45) is 0.498. The number of anilines is 1. The molecule has 1 aliphatic heterocycles. The van der Waals surface area contributed by atoms with E-state index in [0.717, 1.165) is 16.8 Å². The highest BCUT2D eigenvalue weighted by Crippen LogP contribution is 2.42. The topological polar surface area (TPSA) is 132 Å². The highest BCUT2D eigenvalue weighted by Gasteiger charge is 2.35. The molecule has 2 atom stereocenters. The Kier molecular flexibility index (Phi) is 7.77. The fraction of sp³-hybridized carbons (Fsp3) is 0.276. The van der Waals surface area contributed by atoms with Crippen LogP contribution in [-0.2, 0) is 24.6 Å². The van der Waals surface area contributed by atoms with E-state index in [1.54, 1.807) is 37.3 Å². The van der Waals surface area contributed by atoms with Crippen molar-refractivity contribution in [1.29, 1.82) is 0 Å². The molecule has 10 nitrogen and oxygen atoms in total. The number of sulfonamides is 1. The van der Waals surface area contributed by atoms with Crippen molar-refractivity contribution >= 4 is 42.4 Å². The molecule has 4 aromatic rings. The molecular weight excluding hydrogens is 587 g/mol. The number of halogens is 1. The fourth-order valence-electron chi connectivity index (χ4n) is 4.99. The van der Waals surface area contributed by atoms with Gasteiger partial charge in [0.1, 0.15) is 38.5 Å². The minimum atomic E-state index is -3.85. The molecule has 0 saturated carbocycles. The van der Waals surface area contributed by atoms with Gasteiger partial charge in [-0.2, -0.15) is 0 Å². The lowest BCUT2D eigenvalue weighted by atomic mass is 10.0. The van der Waals surface area contributed by atoms with Gasteiger partial charge in [-0.1, -0.05) is 0 Å². The lowest BCUT2D eigenvalue weighted by Crippen LogP contribution is -2.39. The van der Waals surface area contributed by atoms with Crippen LogP contribution in [0, 0.1) is 5.82 Å². The fourth-order valence-corrected chi connectivity index (χ4v) is 6.80. The Balaban J connectivity index is 1.60. The Labute approximate surface area is 243 Å². The number of rotatable bonds is 7. The Hall–Kier alpha value is -3.94. The number of amides is 1. The number of hydrogen-bond acceptors (Lipinski definition) is 8. The van der Waals surface area contributed by atoms with Crippen molar-refractivity contribution in [2.24, 2.45) is 0 Å². The number of fused-ring (bicyclic) bond motifs is 2. The summed E-state index contributed by atoms with van der Waals surface area (Å²) in [7, 11) is -5.83. The zero-order chi connectivity index (χ0) is 30.4. The van der Waals surface area contributed by atoms with Crippen molar-refractivity contribution in [3.63, 3.8) is 0 Å². The molecule has 1 N–H and O–H groups in total. The van der Waals surface area contributed by atoms with E-state index in [2.05, 4.69) is 5.32 Å². The maximum atomic E-state index is 13.2. The summed E-state index contributed by atoms with van der Waals surface area (Å²) in [6, 6.07) is 15.5. The number of sulfone groups is 1. The number of nitrogens with zero attached hydrogens (tertiary/aromatic N) is 1. The van der Waals surface area contributed by atoms with Crippen LogP contribution in [0.1, 0.15) is 28.9 Å². The van der Waals surface area contributed by atoms with Gasteiger partial charge in [-0.3, -0.25) is 9.10 Å². The van der Waals surface area contributed by atoms with Gasteiger partial charge in [-0.15, -0.1) is 0 Å². The quantitative estimate of drug-likeness (QED) is 0.317. The van der Waals surface area contributed by atoms with Crippen molar-refractivity contribution in [1.82, 2.24) is 5.32 Å². The Bertz CT molecular complexity index is 1870. The Morgan fingerprint density at radius 3 is 2.21 bits per heavy atom. The van der Waals surface area contributed by atoms with E-state index >= 15 is 0 Å². The molecule has 222 valence electrons. The van der Waals surface area contributed by atoms with Crippen LogP contribution in [0.15, 0.2) is 65.1 Å². The first-order chi connectivity index (χ1) is 19.7. The van der Waals surface area contributed by atoms with E-state index in [0.29, 0.717) is 28.0 Å². The third-order valence-corrected chi connectivity index (χ3v) is 8.94. The molecule has 1 aromatic heterocycles. The van der Waals surface area contributed by atoms with Gasteiger partial charge < -0.3 is 19.2 Å². The van der Waals surface area contributed by atoms with E-state index < -0.39 is 38.0 Å². The monoisotopic (exact) mass is 616 g/mol. The number of hydrogen-bond donors (Lipinski definition) is 1. The average molecular weight is 617 g/mol. The van der Waals surface area contributed by atoms with Crippen LogP contribution in [0.2, 0.25) is 0 Å². The van der Waals surface area contributed by atoms with Crippen LogP contribution in [0.3, 0.4) is 0 Å². The van der Waals surface area contributed by atoms with Crippen molar-refractivity contribution in [3.8, 4) is 22.8 Å². The molecule has 0 aliphatic carbocycles. The Morgan fingerprint density at radius 2 is 1.64 bits per heavy atom. The molecule has 0 spiro atoms. The maximum absolute atomic E-state index is 13.2. The molecule has 3 aromatic carbocycles. The van der Waals surface area contributed by atoms with E-state index in [1.165, 1.54) is 37.4 Å². The summed E-state index contributed by atoms with van der Waals surface area (Å²) < 4.78 is 82.1. The molecule has 0 bridgehead atoms. The van der Waals surface area contributed by atoms with Crippen molar-refractivity contribution < 1.29 is 39.9 Å². The highest BCUT2D eigenvalue weighted by atomic mass is 32.2. The predicted molar refractivity (Wildman–Crippen MR) is 157 cm³/mol. The van der Waals surface area contributed by atoms with Gasteiger partial charge in [0, 0.05) is 35.9 Å². The molecule has 0 fully saturated rings. The van der Waals surface area contributed by atoms with Crippen LogP contribution < -0.4 is 14.4 Å². The standard InChI is InChI=1S/C29H29FN2O8S2/c1-17-23-13-24-26(14-25(23)32(42(4,36)37)15-22(38-17)16-41(3,34)35)40-28(27(24)29(33)31-2)18-5-9-20(10-6-18)39-21-11-7-19(30)8-12-21/h5-14,17,22H,15-16H2,1-4H3,(H,31,33). The van der Waals surface area contributed by atoms with E-state index in [4.69, 9.17) is 13.9 Å². The molecule has 0 saturated heterocycles. The first kappa shape index (κ1) is 29.5. The maximum Gasteiger partial charge on any atom is 0.255 e. The molecule has 13 heteroatoms. The van der Waals surface area contributed by atoms with Crippen molar-refractivity contribution in [2.75, 3.05) is 36.2 Å². The minimum Gasteiger partial charge on any atom is -0.457 e. The van der Waals surface area contributed by atoms with Crippen molar-refractivity contribution in [3.05, 3.63) is 77.6 Å². The summed E-state index contributed by atoms with van der Waals surface area (Å²) in [5, 5.41) is 3.06. The lowest BCUT2D eigenvalue weighted by molar-refractivity contribution is 0.0193. The van der Waals surface area contributed by atoms with Gasteiger partial charge in [0.15, 0.2) is 0 Å². The second-order valence-corrected chi connectivity index (χ2v) is 14.3. The highest BCUT2D eigenvalue weighted by molar-refractivity contribution is 7.92. The zero-order valence-electron chi connectivity index (χ0n) is 23.3. The first-order valence-electron chi connectivity index (χ1n) is 12.9. The van der Waals surface area contributed by atoms with Crippen molar-refractivity contribution in [2.45, 2.75) is 19.1 Å². The number of carbonyl (C=O) groups is 1. The van der Waals surface area contributed by atoms with E-state index in [-0.39, 0.29) is 40.7 Å². The normalized spacial score (nSPS) is 17.5. The van der Waals surface area contributed by atoms with Gasteiger partial charge in [0.05, 0.1) is 42.0 Å². The SMILES string of the molecule is CNC(=O)c1c(-c2ccc(Oc3ccc(F)cc3)cc2)oc2cc3c(cc12)C(C)OC(CS(C)(=O)=O)CN3S(C)(=O)=O. The average Bonchev–Trinajstić information content (AvgIpc) is 3.22. The molecule has 1 amide bonds. The third kappa shape index (κ3) is 6.13. The van der Waals surface area contributed by atoms with Gasteiger partial charge in [-0.05, 0) is 61.5 Å². The molecule has 2 heterocycles. The van der Waals surface area contributed by atoms with Gasteiger partial charge >= 0.3 is 0 Å². The van der Waals surface area contributed by atoms with Crippen LogP contribution >= 0.6 is 0 Å². The number of carbonyl (C=O) groups excluding carboxylic acids is 1. The van der Waals surface area contributed by atoms with Crippen LogP contribution in [0.5, 0.6) is 11.5 Å². The van der Waals surface area contributed by atoms with Crippen LogP contribution in [0.25, 0.3) is 22.3 Å². The second kappa shape index (κ2) is 11.0. The second-order valence-electron chi connectivity index (χ2n) is 10.2. The number of nitrogens with one attached hydrogen (secondary N) is 1. The van der Waals surface area contributed by atoms with Crippen LogP contribution in [-0.4, -0.2) is 60.7 Å². The lowest BCUT2D eigenvalue weighted by Gasteiger charge is -2.24. The number of ether oxygens (including phenoxy) is 2. The largest absolute Gasteiger partial charge is 0.457 e. The summed E-state index contributed by atoms with van der Waals surface area (Å²) in [5.74, 6) is 0.0249. The van der Waals surface area contributed by atoms with E-state index in [9.17, 15) is 26.0 Å². The molecule has 1 aliphatic rings. The molecule has 0 radical (unpaired) electrons. The molecule has 2 unspecified atom stereocenters. The summed E-state index contributed by atoms with van der Waals surface area (Å²) in [5.41, 5.74) is 1.79. The van der Waals surface area contributed by atoms with Gasteiger partial charge in [-0.25, -0.2) is 21.2 Å². The minimum absolute atomic E-state index is 0.208. The molecule has 5 rings (SSSR count). The zero-order valence-corrected chi connectivity index (χ0v) is 24.9. The number of furan rings is 1. The molecular formula is C29H29FN2O8S2. The van der Waals surface area contributed by atoms with Gasteiger partial charge in [0.2, 0.25) is 10.0 Å². The smallest absolute Gasteiger partial charge is 0.255 e. The Morgan fingerprint density at radius 1 is 1.02 bits per heavy atom.